The highest BCUT2D eigenvalue weighted by molar-refractivity contribution is 5.30. The molecule has 2 heterocycles. The van der Waals surface area contributed by atoms with Gasteiger partial charge in [-0.05, 0) is 37.6 Å². The van der Waals surface area contributed by atoms with Crippen LogP contribution in [0.15, 0.2) is 36.7 Å². The maximum Gasteiger partial charge on any atom is 0.219 e. The van der Waals surface area contributed by atoms with Crippen LogP contribution < -0.4 is 4.74 Å². The van der Waals surface area contributed by atoms with Gasteiger partial charge >= 0.3 is 0 Å². The first-order chi connectivity index (χ1) is 8.16. The zero-order valence-corrected chi connectivity index (χ0v) is 9.79. The van der Waals surface area contributed by atoms with E-state index < -0.39 is 6.10 Å². The van der Waals surface area contributed by atoms with Gasteiger partial charge in [-0.15, -0.1) is 0 Å². The van der Waals surface area contributed by atoms with Gasteiger partial charge in [-0.25, -0.2) is 4.98 Å². The molecule has 17 heavy (non-hydrogen) atoms. The molecule has 0 aromatic carbocycles. The summed E-state index contributed by atoms with van der Waals surface area (Å²) in [7, 11) is 0. The molecule has 0 fully saturated rings. The second-order valence-electron chi connectivity index (χ2n) is 3.79. The van der Waals surface area contributed by atoms with Gasteiger partial charge in [0.15, 0.2) is 5.75 Å². The number of ether oxygens (including phenoxy) is 1. The molecule has 2 rings (SSSR count). The highest BCUT2D eigenvalue weighted by atomic mass is 16.5. The van der Waals surface area contributed by atoms with Crippen LogP contribution in [0.4, 0.5) is 0 Å². The Balaban J connectivity index is 2.17. The number of aliphatic hydroxyl groups excluding tert-OH is 1. The van der Waals surface area contributed by atoms with Gasteiger partial charge in [-0.1, -0.05) is 0 Å². The molecule has 0 radical (unpaired) electrons. The van der Waals surface area contributed by atoms with Gasteiger partial charge in [0.2, 0.25) is 5.88 Å². The maximum absolute atomic E-state index is 9.36. The SMILES string of the molecule is Cc1ncccc1Oc1ccc(C(C)O)cn1. The van der Waals surface area contributed by atoms with Crippen LogP contribution >= 0.6 is 0 Å². The summed E-state index contributed by atoms with van der Waals surface area (Å²) in [6.07, 6.45) is 2.80. The Morgan fingerprint density at radius 1 is 1.24 bits per heavy atom. The van der Waals surface area contributed by atoms with Crippen LogP contribution in [0, 0.1) is 6.92 Å². The van der Waals surface area contributed by atoms with E-state index >= 15 is 0 Å². The second kappa shape index (κ2) is 4.93. The van der Waals surface area contributed by atoms with Gasteiger partial charge in [0.05, 0.1) is 11.8 Å². The number of hydrogen-bond acceptors (Lipinski definition) is 4. The molecular weight excluding hydrogens is 216 g/mol. The minimum Gasteiger partial charge on any atom is -0.437 e. The third-order valence-electron chi connectivity index (χ3n) is 2.41. The van der Waals surface area contributed by atoms with E-state index in [2.05, 4.69) is 9.97 Å². The zero-order chi connectivity index (χ0) is 12.3. The molecule has 0 spiro atoms. The third-order valence-corrected chi connectivity index (χ3v) is 2.41. The molecule has 1 unspecified atom stereocenters. The van der Waals surface area contributed by atoms with Crippen molar-refractivity contribution in [3.8, 4) is 11.6 Å². The van der Waals surface area contributed by atoms with Gasteiger partial charge in [0, 0.05) is 18.5 Å². The molecule has 0 aliphatic rings. The molecule has 1 atom stereocenters. The van der Waals surface area contributed by atoms with Crippen LogP contribution in [0.1, 0.15) is 24.3 Å². The number of aromatic nitrogens is 2. The van der Waals surface area contributed by atoms with Crippen molar-refractivity contribution in [2.24, 2.45) is 0 Å². The van der Waals surface area contributed by atoms with Gasteiger partial charge in [0.1, 0.15) is 0 Å². The highest BCUT2D eigenvalue weighted by Gasteiger charge is 2.04. The standard InChI is InChI=1S/C13H14N2O2/c1-9-12(4-3-7-14-9)17-13-6-5-11(8-15-13)10(2)16/h3-8,10,16H,1-2H3. The third kappa shape index (κ3) is 2.79. The molecule has 0 bridgehead atoms. The minimum absolute atomic E-state index is 0.491. The van der Waals surface area contributed by atoms with E-state index in [4.69, 9.17) is 4.74 Å². The first-order valence-electron chi connectivity index (χ1n) is 5.40. The summed E-state index contributed by atoms with van der Waals surface area (Å²) < 4.78 is 5.59. The van der Waals surface area contributed by atoms with E-state index in [0.29, 0.717) is 11.6 Å². The Kier molecular flexibility index (Phi) is 3.35. The fourth-order valence-corrected chi connectivity index (χ4v) is 1.39. The average Bonchev–Trinajstić information content (AvgIpc) is 2.33. The van der Waals surface area contributed by atoms with Crippen molar-refractivity contribution in [3.63, 3.8) is 0 Å². The van der Waals surface area contributed by atoms with Gasteiger partial charge < -0.3 is 9.84 Å². The van der Waals surface area contributed by atoms with E-state index in [-0.39, 0.29) is 0 Å². The van der Waals surface area contributed by atoms with Gasteiger partial charge in [-0.2, -0.15) is 0 Å². The summed E-state index contributed by atoms with van der Waals surface area (Å²) in [6, 6.07) is 7.17. The van der Waals surface area contributed by atoms with E-state index in [0.717, 1.165) is 11.3 Å². The lowest BCUT2D eigenvalue weighted by Crippen LogP contribution is -1.95. The first-order valence-corrected chi connectivity index (χ1v) is 5.40. The molecule has 1 N–H and O–H groups in total. The Hall–Kier alpha value is -1.94. The molecule has 0 aliphatic heterocycles. The summed E-state index contributed by atoms with van der Waals surface area (Å²) in [4.78, 5) is 8.25. The van der Waals surface area contributed by atoms with Crippen LogP contribution in [0.3, 0.4) is 0 Å². The predicted octanol–water partition coefficient (Wildman–Crippen LogP) is 2.63. The number of hydrogen-bond donors (Lipinski definition) is 1. The van der Waals surface area contributed by atoms with Crippen molar-refractivity contribution in [1.82, 2.24) is 9.97 Å². The number of pyridine rings is 2. The molecule has 2 aromatic rings. The van der Waals surface area contributed by atoms with Crippen LogP contribution in [0.2, 0.25) is 0 Å². The van der Waals surface area contributed by atoms with E-state index in [9.17, 15) is 5.11 Å². The maximum atomic E-state index is 9.36. The van der Waals surface area contributed by atoms with Gasteiger partial charge in [-0.3, -0.25) is 4.98 Å². The monoisotopic (exact) mass is 230 g/mol. The van der Waals surface area contributed by atoms with Gasteiger partial charge in [0.25, 0.3) is 0 Å². The number of aliphatic hydroxyl groups is 1. The van der Waals surface area contributed by atoms with Crippen LogP contribution in [0.5, 0.6) is 11.6 Å². The quantitative estimate of drug-likeness (QED) is 0.880. The Labute approximate surface area is 99.9 Å². The summed E-state index contributed by atoms with van der Waals surface area (Å²) >= 11 is 0. The summed E-state index contributed by atoms with van der Waals surface area (Å²) in [5.41, 5.74) is 1.58. The number of nitrogens with zero attached hydrogens (tertiary/aromatic N) is 2. The summed E-state index contributed by atoms with van der Waals surface area (Å²) in [6.45, 7) is 3.57. The number of aryl methyl sites for hydroxylation is 1. The Morgan fingerprint density at radius 3 is 2.65 bits per heavy atom. The summed E-state index contributed by atoms with van der Waals surface area (Å²) in [5, 5.41) is 9.36. The fraction of sp³-hybridized carbons (Fsp3) is 0.231. The molecule has 2 aromatic heterocycles. The molecule has 0 amide bonds. The number of rotatable bonds is 3. The van der Waals surface area contributed by atoms with E-state index in [1.165, 1.54) is 0 Å². The van der Waals surface area contributed by atoms with Crippen molar-refractivity contribution in [1.29, 1.82) is 0 Å². The Bertz CT molecular complexity index is 495. The fourth-order valence-electron chi connectivity index (χ4n) is 1.39. The lowest BCUT2D eigenvalue weighted by molar-refractivity contribution is 0.198. The molecule has 0 saturated carbocycles. The zero-order valence-electron chi connectivity index (χ0n) is 9.79. The van der Waals surface area contributed by atoms with Crippen molar-refractivity contribution in [2.45, 2.75) is 20.0 Å². The normalized spacial score (nSPS) is 12.2. The first kappa shape index (κ1) is 11.5. The average molecular weight is 230 g/mol. The van der Waals surface area contributed by atoms with E-state index in [1.807, 2.05) is 19.1 Å². The smallest absolute Gasteiger partial charge is 0.219 e. The molecule has 4 heteroatoms. The van der Waals surface area contributed by atoms with E-state index in [1.54, 1.807) is 31.5 Å². The lowest BCUT2D eigenvalue weighted by Gasteiger charge is -2.08. The van der Waals surface area contributed by atoms with Crippen LogP contribution in [-0.2, 0) is 0 Å². The van der Waals surface area contributed by atoms with Crippen molar-refractivity contribution in [3.05, 3.63) is 47.9 Å². The lowest BCUT2D eigenvalue weighted by atomic mass is 10.2. The molecule has 4 nitrogen and oxygen atoms in total. The van der Waals surface area contributed by atoms with Crippen LogP contribution in [0.25, 0.3) is 0 Å². The molecule has 0 aliphatic carbocycles. The minimum atomic E-state index is -0.517. The van der Waals surface area contributed by atoms with Crippen molar-refractivity contribution < 1.29 is 9.84 Å². The van der Waals surface area contributed by atoms with Crippen molar-refractivity contribution in [2.75, 3.05) is 0 Å². The summed E-state index contributed by atoms with van der Waals surface area (Å²) in [5.74, 6) is 1.18. The largest absolute Gasteiger partial charge is 0.437 e. The molecular formula is C13H14N2O2. The molecule has 0 saturated heterocycles. The highest BCUT2D eigenvalue weighted by Crippen LogP contribution is 2.22. The topological polar surface area (TPSA) is 55.2 Å². The second-order valence-corrected chi connectivity index (χ2v) is 3.79. The van der Waals surface area contributed by atoms with Crippen LogP contribution in [-0.4, -0.2) is 15.1 Å². The van der Waals surface area contributed by atoms with Crippen molar-refractivity contribution >= 4 is 0 Å². The Morgan fingerprint density at radius 2 is 2.06 bits per heavy atom. The molecule has 88 valence electrons. The predicted molar refractivity (Wildman–Crippen MR) is 63.9 cm³/mol.